The van der Waals surface area contributed by atoms with Gasteiger partial charge in [-0.25, -0.2) is 0 Å². The van der Waals surface area contributed by atoms with Gasteiger partial charge < -0.3 is 4.43 Å². The summed E-state index contributed by atoms with van der Waals surface area (Å²) in [7, 11) is -1.77. The topological polar surface area (TPSA) is 9.23 Å². The van der Waals surface area contributed by atoms with E-state index in [1.165, 1.54) is 31.3 Å². The molecule has 0 aromatic heterocycles. The van der Waals surface area contributed by atoms with E-state index in [9.17, 15) is 0 Å². The molecular weight excluding hydrogens is 272 g/mol. The van der Waals surface area contributed by atoms with Crippen molar-refractivity contribution in [2.24, 2.45) is 5.92 Å². The van der Waals surface area contributed by atoms with E-state index >= 15 is 0 Å². The lowest BCUT2D eigenvalue weighted by molar-refractivity contribution is 0.109. The van der Waals surface area contributed by atoms with Gasteiger partial charge in [0.2, 0.25) is 8.32 Å². The summed E-state index contributed by atoms with van der Waals surface area (Å²) in [6.45, 7) is 21.0. The molecule has 0 heterocycles. The summed E-state index contributed by atoms with van der Waals surface area (Å²) in [4.78, 5) is 0. The molecular formula is C19H38OSi. The molecule has 1 saturated carbocycles. The molecule has 1 fully saturated rings. The fraction of sp³-hybridized carbons (Fsp3) is 0.895. The van der Waals surface area contributed by atoms with Crippen molar-refractivity contribution < 1.29 is 4.43 Å². The van der Waals surface area contributed by atoms with E-state index < -0.39 is 8.32 Å². The van der Waals surface area contributed by atoms with E-state index in [-0.39, 0.29) is 0 Å². The Morgan fingerprint density at radius 2 is 1.52 bits per heavy atom. The summed E-state index contributed by atoms with van der Waals surface area (Å²) in [6.07, 6.45) is 6.65. The van der Waals surface area contributed by atoms with E-state index in [0.29, 0.717) is 28.6 Å². The van der Waals surface area contributed by atoms with E-state index in [1.54, 1.807) is 0 Å². The van der Waals surface area contributed by atoms with Crippen LogP contribution in [0.25, 0.3) is 0 Å². The van der Waals surface area contributed by atoms with E-state index in [1.807, 2.05) is 0 Å². The Balaban J connectivity index is 3.01. The lowest BCUT2D eigenvalue weighted by Gasteiger charge is -2.46. The molecule has 0 spiro atoms. The minimum absolute atomic E-state index is 0.400. The molecule has 0 aromatic carbocycles. The third-order valence-corrected chi connectivity index (χ3v) is 11.8. The first-order valence-corrected chi connectivity index (χ1v) is 11.2. The Hall–Kier alpha value is -0.0831. The van der Waals surface area contributed by atoms with Gasteiger partial charge >= 0.3 is 0 Å². The van der Waals surface area contributed by atoms with Crippen molar-refractivity contribution >= 4 is 8.32 Å². The van der Waals surface area contributed by atoms with Crippen LogP contribution in [0, 0.1) is 5.92 Å². The molecule has 1 rings (SSSR count). The first-order chi connectivity index (χ1) is 9.71. The number of hydrogen-bond donors (Lipinski definition) is 0. The summed E-state index contributed by atoms with van der Waals surface area (Å²) in [5.41, 5.74) is 3.42. The highest BCUT2D eigenvalue weighted by Crippen LogP contribution is 2.45. The van der Waals surface area contributed by atoms with Crippen LogP contribution in [0.5, 0.6) is 0 Å². The quantitative estimate of drug-likeness (QED) is 0.405. The molecule has 0 amide bonds. The van der Waals surface area contributed by atoms with Crippen molar-refractivity contribution in [3.05, 3.63) is 12.2 Å². The van der Waals surface area contributed by atoms with Crippen molar-refractivity contribution in [2.45, 2.75) is 103 Å². The predicted molar refractivity (Wildman–Crippen MR) is 97.3 cm³/mol. The molecule has 0 bridgehead atoms. The second-order valence-corrected chi connectivity index (χ2v) is 13.6. The Morgan fingerprint density at radius 1 is 1.00 bits per heavy atom. The molecule has 0 unspecified atom stereocenters. The Kier molecular flexibility index (Phi) is 7.19. The van der Waals surface area contributed by atoms with Crippen LogP contribution in [0.2, 0.25) is 16.6 Å². The summed E-state index contributed by atoms with van der Waals surface area (Å²) in [5, 5.41) is 0. The molecule has 1 aliphatic rings. The smallest absolute Gasteiger partial charge is 0.200 e. The van der Waals surface area contributed by atoms with Gasteiger partial charge in [0.25, 0.3) is 0 Å². The van der Waals surface area contributed by atoms with Gasteiger partial charge in [0, 0.05) is 0 Å². The zero-order valence-corrected chi connectivity index (χ0v) is 16.5. The molecule has 0 aliphatic heterocycles. The minimum Gasteiger partial charge on any atom is -0.413 e. The summed E-state index contributed by atoms with van der Waals surface area (Å²) in [6, 6.07) is 0. The lowest BCUT2D eigenvalue weighted by Crippen LogP contribution is -2.51. The number of rotatable bonds is 5. The van der Waals surface area contributed by atoms with Crippen LogP contribution in [0.15, 0.2) is 12.2 Å². The molecule has 0 aromatic rings. The third-order valence-electron chi connectivity index (χ3n) is 5.63. The van der Waals surface area contributed by atoms with Crippen LogP contribution in [0.4, 0.5) is 0 Å². The van der Waals surface area contributed by atoms with E-state index in [0.717, 1.165) is 6.42 Å². The molecule has 0 saturated heterocycles. The standard InChI is InChI=1S/C19H38OSi/c1-14(2)21(15(3)4,16(5)6)20-19-13-17(7)11-9-10-12-18(19)8/h14-16,18-19H,7,9-13H2,1-6,8H3/t18-,19+/m1/s1. The molecule has 21 heavy (non-hydrogen) atoms. The van der Waals surface area contributed by atoms with Gasteiger partial charge in [0.1, 0.15) is 0 Å². The van der Waals surface area contributed by atoms with Crippen LogP contribution >= 0.6 is 0 Å². The Labute approximate surface area is 134 Å². The molecule has 1 nitrogen and oxygen atoms in total. The predicted octanol–water partition coefficient (Wildman–Crippen LogP) is 6.70. The van der Waals surface area contributed by atoms with Crippen molar-refractivity contribution in [2.75, 3.05) is 0 Å². The van der Waals surface area contributed by atoms with Gasteiger partial charge in [-0.05, 0) is 48.2 Å². The maximum absolute atomic E-state index is 7.06. The molecule has 0 radical (unpaired) electrons. The molecule has 2 heteroatoms. The maximum atomic E-state index is 7.06. The van der Waals surface area contributed by atoms with Gasteiger partial charge in [-0.3, -0.25) is 0 Å². The van der Waals surface area contributed by atoms with Crippen molar-refractivity contribution in [1.29, 1.82) is 0 Å². The molecule has 2 atom stereocenters. The summed E-state index contributed by atoms with van der Waals surface area (Å²) >= 11 is 0. The van der Waals surface area contributed by atoms with Gasteiger partial charge in [0.05, 0.1) is 6.10 Å². The molecule has 1 aliphatic carbocycles. The maximum Gasteiger partial charge on any atom is 0.200 e. The van der Waals surface area contributed by atoms with Gasteiger partial charge in [-0.2, -0.15) is 0 Å². The van der Waals surface area contributed by atoms with Crippen molar-refractivity contribution in [3.8, 4) is 0 Å². The van der Waals surface area contributed by atoms with Crippen LogP contribution in [-0.2, 0) is 4.43 Å². The van der Waals surface area contributed by atoms with Crippen LogP contribution in [-0.4, -0.2) is 14.4 Å². The van der Waals surface area contributed by atoms with Crippen molar-refractivity contribution in [1.82, 2.24) is 0 Å². The normalized spacial score (nSPS) is 25.5. The highest BCUT2D eigenvalue weighted by Gasteiger charge is 2.47. The van der Waals surface area contributed by atoms with Crippen LogP contribution in [0.1, 0.15) is 80.6 Å². The first kappa shape index (κ1) is 19.0. The summed E-state index contributed by atoms with van der Waals surface area (Å²) in [5.74, 6) is 0.671. The monoisotopic (exact) mass is 310 g/mol. The SMILES string of the molecule is C=C1CCCC[C@@H](C)[C@@H](O[Si](C(C)C)(C(C)C)C(C)C)C1. The lowest BCUT2D eigenvalue weighted by atomic mass is 9.88. The average molecular weight is 311 g/mol. The van der Waals surface area contributed by atoms with Gasteiger partial charge in [-0.15, -0.1) is 0 Å². The Morgan fingerprint density at radius 3 is 2.00 bits per heavy atom. The Bertz CT molecular complexity index is 311. The first-order valence-electron chi connectivity index (χ1n) is 9.06. The number of hydrogen-bond acceptors (Lipinski definition) is 1. The fourth-order valence-corrected chi connectivity index (χ4v) is 10.1. The van der Waals surface area contributed by atoms with Crippen LogP contribution < -0.4 is 0 Å². The highest BCUT2D eigenvalue weighted by molar-refractivity contribution is 6.77. The second kappa shape index (κ2) is 7.96. The van der Waals surface area contributed by atoms with E-state index in [4.69, 9.17) is 4.43 Å². The van der Waals surface area contributed by atoms with Gasteiger partial charge in [-0.1, -0.05) is 67.0 Å². The largest absolute Gasteiger partial charge is 0.413 e. The molecule has 124 valence electrons. The van der Waals surface area contributed by atoms with Gasteiger partial charge in [0.15, 0.2) is 0 Å². The molecule has 0 N–H and O–H groups in total. The van der Waals surface area contributed by atoms with E-state index in [2.05, 4.69) is 55.0 Å². The van der Waals surface area contributed by atoms with Crippen LogP contribution in [0.3, 0.4) is 0 Å². The summed E-state index contributed by atoms with van der Waals surface area (Å²) < 4.78 is 7.06. The highest BCUT2D eigenvalue weighted by atomic mass is 28.4. The second-order valence-electron chi connectivity index (χ2n) is 8.15. The zero-order valence-electron chi connectivity index (χ0n) is 15.5. The zero-order chi connectivity index (χ0) is 16.2. The van der Waals surface area contributed by atoms with Crippen molar-refractivity contribution in [3.63, 3.8) is 0 Å². The fourth-order valence-electron chi connectivity index (χ4n) is 4.44. The third kappa shape index (κ3) is 4.45. The minimum atomic E-state index is -1.77. The average Bonchev–Trinajstić information content (AvgIpc) is 2.36.